The van der Waals surface area contributed by atoms with Gasteiger partial charge in [0.1, 0.15) is 5.92 Å². The van der Waals surface area contributed by atoms with E-state index in [0.717, 1.165) is 37.2 Å². The smallest absolute Gasteiger partial charge is 0.234 e. The third-order valence-electron chi connectivity index (χ3n) is 4.96. The van der Waals surface area contributed by atoms with E-state index in [9.17, 15) is 14.9 Å². The van der Waals surface area contributed by atoms with Crippen molar-refractivity contribution in [3.63, 3.8) is 0 Å². The molecule has 3 atom stereocenters. The molecule has 0 radical (unpaired) electrons. The summed E-state index contributed by atoms with van der Waals surface area (Å²) in [6.45, 7) is 6.16. The summed E-state index contributed by atoms with van der Waals surface area (Å²) >= 11 is 0. The highest BCUT2D eigenvalue weighted by Gasteiger charge is 2.53. The number of amides is 1. The number of fused-ring (bicyclic) bond motifs is 1. The molecule has 124 valence electrons. The Bertz CT molecular complexity index is 632. The van der Waals surface area contributed by atoms with Crippen LogP contribution in [0.2, 0.25) is 0 Å². The lowest BCUT2D eigenvalue weighted by atomic mass is 10.1. The van der Waals surface area contributed by atoms with Crippen LogP contribution in [-0.2, 0) is 17.9 Å². The Hall–Kier alpha value is -1.95. The summed E-state index contributed by atoms with van der Waals surface area (Å²) in [6.07, 6.45) is 2.66. The molecular weight excluding hydrogens is 294 g/mol. The molecule has 1 aromatic rings. The number of rotatable bonds is 6. The standard InChI is InChI=1S/C17H23N3O3/c1-3-5-11(2)19-9-12-6-4-7-15(14(12)10-19)18-17(21)13-8-16(13)20(22)23/h4,6-7,11,13,16H,3,5,8-10H2,1-2H3,(H,18,21)/t11-,13-,16+/m0/s1. The number of carbonyl (C=O) groups excluding carboxylic acids is 1. The molecule has 0 saturated heterocycles. The lowest BCUT2D eigenvalue weighted by Gasteiger charge is -2.23. The number of benzene rings is 1. The van der Waals surface area contributed by atoms with Crippen molar-refractivity contribution in [1.29, 1.82) is 0 Å². The summed E-state index contributed by atoms with van der Waals surface area (Å²) in [7, 11) is 0. The summed E-state index contributed by atoms with van der Waals surface area (Å²) < 4.78 is 0. The molecule has 1 amide bonds. The van der Waals surface area contributed by atoms with Crippen LogP contribution in [-0.4, -0.2) is 27.8 Å². The van der Waals surface area contributed by atoms with Crippen LogP contribution in [0.25, 0.3) is 0 Å². The van der Waals surface area contributed by atoms with Gasteiger partial charge in [-0.05, 0) is 30.5 Å². The van der Waals surface area contributed by atoms with Crippen LogP contribution >= 0.6 is 0 Å². The maximum atomic E-state index is 12.2. The molecule has 6 heteroatoms. The average Bonchev–Trinajstić information content (AvgIpc) is 3.20. The molecule has 6 nitrogen and oxygen atoms in total. The third kappa shape index (κ3) is 3.22. The minimum atomic E-state index is -0.701. The maximum absolute atomic E-state index is 12.2. The second kappa shape index (κ2) is 6.28. The second-order valence-corrected chi connectivity index (χ2v) is 6.67. The fourth-order valence-corrected chi connectivity index (χ4v) is 3.40. The van der Waals surface area contributed by atoms with Gasteiger partial charge in [-0.1, -0.05) is 25.5 Å². The number of anilines is 1. The number of hydrogen-bond donors (Lipinski definition) is 1. The maximum Gasteiger partial charge on any atom is 0.234 e. The third-order valence-corrected chi connectivity index (χ3v) is 4.96. The van der Waals surface area contributed by atoms with E-state index in [1.165, 1.54) is 5.56 Å². The molecule has 23 heavy (non-hydrogen) atoms. The normalized spacial score (nSPS) is 24.1. The minimum absolute atomic E-state index is 0.222. The van der Waals surface area contributed by atoms with Crippen LogP contribution in [0.1, 0.15) is 44.2 Å². The van der Waals surface area contributed by atoms with E-state index < -0.39 is 12.0 Å². The topological polar surface area (TPSA) is 75.5 Å². The number of nitrogens with zero attached hydrogens (tertiary/aromatic N) is 2. The Morgan fingerprint density at radius 2 is 2.26 bits per heavy atom. The quantitative estimate of drug-likeness (QED) is 0.646. The van der Waals surface area contributed by atoms with Crippen molar-refractivity contribution in [2.45, 2.75) is 58.3 Å². The van der Waals surface area contributed by atoms with Gasteiger partial charge in [-0.2, -0.15) is 0 Å². The van der Waals surface area contributed by atoms with Crippen molar-refractivity contribution in [3.8, 4) is 0 Å². The number of carbonyl (C=O) groups is 1. The van der Waals surface area contributed by atoms with E-state index in [-0.39, 0.29) is 10.8 Å². The van der Waals surface area contributed by atoms with Gasteiger partial charge < -0.3 is 5.32 Å². The van der Waals surface area contributed by atoms with Crippen LogP contribution < -0.4 is 5.32 Å². The largest absolute Gasteiger partial charge is 0.325 e. The fourth-order valence-electron chi connectivity index (χ4n) is 3.40. The number of nitro groups is 1. The van der Waals surface area contributed by atoms with Crippen LogP contribution in [0, 0.1) is 16.0 Å². The summed E-state index contributed by atoms with van der Waals surface area (Å²) in [4.78, 5) is 25.0. The molecule has 1 aliphatic heterocycles. The van der Waals surface area contributed by atoms with Gasteiger partial charge in [-0.3, -0.25) is 19.8 Å². The first kappa shape index (κ1) is 15.9. The zero-order valence-electron chi connectivity index (χ0n) is 13.6. The summed E-state index contributed by atoms with van der Waals surface area (Å²) in [6, 6.07) is 5.75. The number of hydrogen-bond acceptors (Lipinski definition) is 4. The molecule has 2 aliphatic rings. The van der Waals surface area contributed by atoms with Crippen molar-refractivity contribution < 1.29 is 9.72 Å². The van der Waals surface area contributed by atoms with Crippen molar-refractivity contribution >= 4 is 11.6 Å². The molecule has 1 N–H and O–H groups in total. The summed E-state index contributed by atoms with van der Waals surface area (Å²) in [5, 5.41) is 13.6. The van der Waals surface area contributed by atoms with Crippen LogP contribution in [0.15, 0.2) is 18.2 Å². The van der Waals surface area contributed by atoms with Gasteiger partial charge in [0, 0.05) is 36.2 Å². The predicted octanol–water partition coefficient (Wildman–Crippen LogP) is 2.79. The number of nitrogens with one attached hydrogen (secondary N) is 1. The molecule has 1 fully saturated rings. The van der Waals surface area contributed by atoms with Crippen LogP contribution in [0.4, 0.5) is 5.69 Å². The van der Waals surface area contributed by atoms with Gasteiger partial charge in [0.25, 0.3) is 0 Å². The molecule has 3 rings (SSSR count). The molecule has 0 bridgehead atoms. The van der Waals surface area contributed by atoms with E-state index in [4.69, 9.17) is 0 Å². The molecule has 1 aromatic carbocycles. The lowest BCUT2D eigenvalue weighted by Crippen LogP contribution is -2.27. The SMILES string of the molecule is CCC[C@H](C)N1Cc2cccc(NC(=O)[C@H]3C[C@H]3[N+](=O)[O-])c2C1. The Balaban J connectivity index is 1.69. The second-order valence-electron chi connectivity index (χ2n) is 6.67. The van der Waals surface area contributed by atoms with Gasteiger partial charge in [-0.15, -0.1) is 0 Å². The van der Waals surface area contributed by atoms with E-state index in [2.05, 4.69) is 30.1 Å². The monoisotopic (exact) mass is 317 g/mol. The Labute approximate surface area is 136 Å². The predicted molar refractivity (Wildman–Crippen MR) is 87.6 cm³/mol. The molecule has 0 unspecified atom stereocenters. The first-order valence-electron chi connectivity index (χ1n) is 8.30. The van der Waals surface area contributed by atoms with E-state index in [1.54, 1.807) is 0 Å². The highest BCUT2D eigenvalue weighted by Crippen LogP contribution is 2.36. The summed E-state index contributed by atoms with van der Waals surface area (Å²) in [5.41, 5.74) is 3.21. The van der Waals surface area contributed by atoms with Gasteiger partial charge in [0.2, 0.25) is 11.9 Å². The zero-order chi connectivity index (χ0) is 16.6. The van der Waals surface area contributed by atoms with Crippen molar-refractivity contribution in [2.75, 3.05) is 5.32 Å². The Kier molecular flexibility index (Phi) is 4.35. The first-order chi connectivity index (χ1) is 11.0. The molecular formula is C17H23N3O3. The first-order valence-corrected chi connectivity index (χ1v) is 8.30. The van der Waals surface area contributed by atoms with Gasteiger partial charge >= 0.3 is 0 Å². The van der Waals surface area contributed by atoms with Crippen molar-refractivity contribution in [2.24, 2.45) is 5.92 Å². The molecule has 1 saturated carbocycles. The van der Waals surface area contributed by atoms with E-state index in [0.29, 0.717) is 12.5 Å². The average molecular weight is 317 g/mol. The van der Waals surface area contributed by atoms with Crippen LogP contribution in [0.3, 0.4) is 0 Å². The summed E-state index contributed by atoms with van der Waals surface area (Å²) in [5.74, 6) is -0.697. The minimum Gasteiger partial charge on any atom is -0.325 e. The van der Waals surface area contributed by atoms with Crippen molar-refractivity contribution in [1.82, 2.24) is 4.90 Å². The van der Waals surface area contributed by atoms with Gasteiger partial charge in [0.05, 0.1) is 0 Å². The lowest BCUT2D eigenvalue weighted by molar-refractivity contribution is -0.497. The molecule has 1 heterocycles. The molecule has 0 spiro atoms. The van der Waals surface area contributed by atoms with Crippen molar-refractivity contribution in [3.05, 3.63) is 39.4 Å². The highest BCUT2D eigenvalue weighted by atomic mass is 16.6. The Morgan fingerprint density at radius 1 is 1.48 bits per heavy atom. The van der Waals surface area contributed by atoms with E-state index in [1.807, 2.05) is 12.1 Å². The van der Waals surface area contributed by atoms with Crippen LogP contribution in [0.5, 0.6) is 0 Å². The molecule has 0 aromatic heterocycles. The van der Waals surface area contributed by atoms with E-state index >= 15 is 0 Å². The zero-order valence-corrected chi connectivity index (χ0v) is 13.6. The molecule has 1 aliphatic carbocycles. The highest BCUT2D eigenvalue weighted by molar-refractivity contribution is 5.95. The fraction of sp³-hybridized carbons (Fsp3) is 0.588. The van der Waals surface area contributed by atoms with Gasteiger partial charge in [-0.25, -0.2) is 0 Å². The Morgan fingerprint density at radius 3 is 2.91 bits per heavy atom. The van der Waals surface area contributed by atoms with Gasteiger partial charge in [0.15, 0.2) is 0 Å².